The normalized spacial score (nSPS) is 15.4. The molecule has 2 heterocycles. The highest BCUT2D eigenvalue weighted by atomic mass is 16.5. The number of amides is 1. The number of para-hydroxylation sites is 1. The summed E-state index contributed by atoms with van der Waals surface area (Å²) in [6.07, 6.45) is 1.69. The van der Waals surface area contributed by atoms with Crippen LogP contribution in [0.25, 0.3) is 11.0 Å². The lowest BCUT2D eigenvalue weighted by Crippen LogP contribution is -3.05. The summed E-state index contributed by atoms with van der Waals surface area (Å²) in [4.78, 5) is 30.0. The number of benzene rings is 2. The van der Waals surface area contributed by atoms with Crippen molar-refractivity contribution in [2.75, 3.05) is 40.9 Å². The summed E-state index contributed by atoms with van der Waals surface area (Å²) < 4.78 is 17.4. The average molecular weight is 452 g/mol. The van der Waals surface area contributed by atoms with Crippen LogP contribution in [-0.2, 0) is 0 Å². The third-order valence-corrected chi connectivity index (χ3v) is 5.91. The van der Waals surface area contributed by atoms with Crippen LogP contribution in [0.5, 0.6) is 11.5 Å². The Balaban J connectivity index is 1.84. The summed E-state index contributed by atoms with van der Waals surface area (Å²) in [7, 11) is 5.75. The number of hydrogen-bond donors (Lipinski definition) is 1. The fraction of sp³-hybridized carbons (Fsp3) is 0.385. The summed E-state index contributed by atoms with van der Waals surface area (Å²) in [6.45, 7) is 4.04. The minimum atomic E-state index is -0.542. The summed E-state index contributed by atoms with van der Waals surface area (Å²) >= 11 is 0. The first kappa shape index (κ1) is 22.9. The molecule has 1 aromatic heterocycles. The zero-order valence-electron chi connectivity index (χ0n) is 19.6. The van der Waals surface area contributed by atoms with Gasteiger partial charge in [-0.25, -0.2) is 0 Å². The standard InChI is InChI=1S/C26H30N2O5/c1-5-15-32-20-12-11-17(16-21(20)31-4)23-22-24(29)18-9-6-7-10-19(18)33-25(22)26(30)28(23)14-8-13-27(2)3/h6-7,9-12,16,23H,5,8,13-15H2,1-4H3/p+1/t23-/m0/s1. The number of rotatable bonds is 9. The maximum Gasteiger partial charge on any atom is 0.290 e. The van der Waals surface area contributed by atoms with E-state index in [0.29, 0.717) is 41.2 Å². The third kappa shape index (κ3) is 4.33. The lowest BCUT2D eigenvalue weighted by Gasteiger charge is -2.26. The molecule has 1 amide bonds. The van der Waals surface area contributed by atoms with E-state index < -0.39 is 6.04 Å². The van der Waals surface area contributed by atoms with E-state index >= 15 is 0 Å². The van der Waals surface area contributed by atoms with E-state index in [1.807, 2.05) is 25.1 Å². The molecule has 0 radical (unpaired) electrons. The summed E-state index contributed by atoms with van der Waals surface area (Å²) in [5.41, 5.74) is 1.44. The molecular formula is C26H31N2O5+. The van der Waals surface area contributed by atoms with Crippen molar-refractivity contribution in [1.29, 1.82) is 0 Å². The molecular weight excluding hydrogens is 420 g/mol. The van der Waals surface area contributed by atoms with Crippen LogP contribution in [0.1, 0.15) is 47.5 Å². The molecule has 174 valence electrons. The molecule has 33 heavy (non-hydrogen) atoms. The zero-order chi connectivity index (χ0) is 23.5. The second-order valence-electron chi connectivity index (χ2n) is 8.64. The number of hydrogen-bond acceptors (Lipinski definition) is 5. The Hall–Kier alpha value is -3.32. The molecule has 2 aromatic carbocycles. The van der Waals surface area contributed by atoms with E-state index in [4.69, 9.17) is 13.9 Å². The van der Waals surface area contributed by atoms with E-state index in [1.165, 1.54) is 4.90 Å². The molecule has 1 atom stereocenters. The van der Waals surface area contributed by atoms with Crippen LogP contribution in [0.2, 0.25) is 0 Å². The number of methoxy groups -OCH3 is 1. The number of nitrogens with zero attached hydrogens (tertiary/aromatic N) is 1. The van der Waals surface area contributed by atoms with Crippen molar-refractivity contribution in [2.24, 2.45) is 0 Å². The highest BCUT2D eigenvalue weighted by Gasteiger charge is 2.42. The molecule has 0 spiro atoms. The van der Waals surface area contributed by atoms with Crippen molar-refractivity contribution >= 4 is 16.9 Å². The fourth-order valence-electron chi connectivity index (χ4n) is 4.33. The van der Waals surface area contributed by atoms with E-state index in [0.717, 1.165) is 24.9 Å². The van der Waals surface area contributed by atoms with Gasteiger partial charge in [0.15, 0.2) is 16.9 Å². The van der Waals surface area contributed by atoms with Gasteiger partial charge >= 0.3 is 0 Å². The molecule has 0 saturated carbocycles. The second-order valence-corrected chi connectivity index (χ2v) is 8.64. The van der Waals surface area contributed by atoms with E-state index in [9.17, 15) is 9.59 Å². The summed E-state index contributed by atoms with van der Waals surface area (Å²) in [5.74, 6) is 1.09. The fourth-order valence-corrected chi connectivity index (χ4v) is 4.33. The van der Waals surface area contributed by atoms with Gasteiger partial charge in [-0.15, -0.1) is 0 Å². The summed E-state index contributed by atoms with van der Waals surface area (Å²) in [5, 5.41) is 0.475. The summed E-state index contributed by atoms with van der Waals surface area (Å²) in [6, 6.07) is 12.1. The lowest BCUT2D eigenvalue weighted by atomic mass is 9.98. The van der Waals surface area contributed by atoms with Crippen LogP contribution >= 0.6 is 0 Å². The quantitative estimate of drug-likeness (QED) is 0.542. The highest BCUT2D eigenvalue weighted by Crippen LogP contribution is 2.41. The molecule has 3 aromatic rings. The van der Waals surface area contributed by atoms with Crippen molar-refractivity contribution in [1.82, 2.24) is 4.90 Å². The van der Waals surface area contributed by atoms with Gasteiger partial charge in [-0.2, -0.15) is 0 Å². The van der Waals surface area contributed by atoms with E-state index in [-0.39, 0.29) is 17.1 Å². The minimum absolute atomic E-state index is 0.131. The Morgan fingerprint density at radius 1 is 1.09 bits per heavy atom. The van der Waals surface area contributed by atoms with Crippen LogP contribution in [0.15, 0.2) is 51.7 Å². The number of ether oxygens (including phenoxy) is 2. The number of fused-ring (bicyclic) bond motifs is 2. The first-order chi connectivity index (χ1) is 16.0. The Labute approximate surface area is 193 Å². The smallest absolute Gasteiger partial charge is 0.290 e. The van der Waals surface area contributed by atoms with Gasteiger partial charge in [0.1, 0.15) is 5.58 Å². The monoisotopic (exact) mass is 451 g/mol. The molecule has 4 rings (SSSR count). The topological polar surface area (TPSA) is 73.4 Å². The second kappa shape index (κ2) is 9.67. The van der Waals surface area contributed by atoms with Gasteiger partial charge in [-0.1, -0.05) is 25.1 Å². The molecule has 0 fully saturated rings. The third-order valence-electron chi connectivity index (χ3n) is 5.91. The maximum absolute atomic E-state index is 13.5. The number of quaternary nitrogens is 1. The zero-order valence-corrected chi connectivity index (χ0v) is 19.6. The van der Waals surface area contributed by atoms with Crippen LogP contribution in [0.4, 0.5) is 0 Å². The Kier molecular flexibility index (Phi) is 6.70. The number of carbonyl (C=O) groups excluding carboxylic acids is 1. The molecule has 1 aliphatic rings. The highest BCUT2D eigenvalue weighted by molar-refractivity contribution is 5.99. The van der Waals surface area contributed by atoms with Gasteiger partial charge in [0.25, 0.3) is 5.91 Å². The molecule has 0 saturated heterocycles. The van der Waals surface area contributed by atoms with E-state index in [1.54, 1.807) is 36.3 Å². The van der Waals surface area contributed by atoms with Crippen molar-refractivity contribution < 1.29 is 23.6 Å². The van der Waals surface area contributed by atoms with Crippen LogP contribution in [0.3, 0.4) is 0 Å². The predicted molar refractivity (Wildman–Crippen MR) is 126 cm³/mol. The largest absolute Gasteiger partial charge is 0.493 e. The first-order valence-corrected chi connectivity index (χ1v) is 11.4. The van der Waals surface area contributed by atoms with Crippen molar-refractivity contribution in [3.05, 3.63) is 69.6 Å². The van der Waals surface area contributed by atoms with Gasteiger partial charge in [0.2, 0.25) is 5.76 Å². The van der Waals surface area contributed by atoms with Crippen molar-refractivity contribution in [3.8, 4) is 11.5 Å². The molecule has 0 aliphatic carbocycles. The molecule has 1 N–H and O–H groups in total. The molecule has 0 bridgehead atoms. The van der Waals surface area contributed by atoms with Gasteiger partial charge in [-0.05, 0) is 36.2 Å². The SMILES string of the molecule is CCCOc1ccc([C@H]2c3c(oc4ccccc4c3=O)C(=O)N2CCC[NH+](C)C)cc1OC. The molecule has 1 aliphatic heterocycles. The first-order valence-electron chi connectivity index (χ1n) is 11.4. The van der Waals surface area contributed by atoms with Gasteiger partial charge in [-0.3, -0.25) is 9.59 Å². The maximum atomic E-state index is 13.5. The molecule has 7 nitrogen and oxygen atoms in total. The number of nitrogens with one attached hydrogen (secondary N) is 1. The molecule has 0 unspecified atom stereocenters. The van der Waals surface area contributed by atoms with E-state index in [2.05, 4.69) is 14.1 Å². The molecule has 7 heteroatoms. The van der Waals surface area contributed by atoms with Gasteiger partial charge in [0.05, 0.1) is 51.3 Å². The Morgan fingerprint density at radius 2 is 1.88 bits per heavy atom. The Bertz CT molecular complexity index is 1220. The minimum Gasteiger partial charge on any atom is -0.493 e. The van der Waals surface area contributed by atoms with Crippen molar-refractivity contribution in [2.45, 2.75) is 25.8 Å². The average Bonchev–Trinajstić information content (AvgIpc) is 3.09. The van der Waals surface area contributed by atoms with Gasteiger partial charge in [0, 0.05) is 13.0 Å². The predicted octanol–water partition coefficient (Wildman–Crippen LogP) is 2.67. The van der Waals surface area contributed by atoms with Gasteiger partial charge < -0.3 is 23.7 Å². The lowest BCUT2D eigenvalue weighted by molar-refractivity contribution is -0.858. The van der Waals surface area contributed by atoms with Crippen LogP contribution in [0, 0.1) is 0 Å². The van der Waals surface area contributed by atoms with Crippen molar-refractivity contribution in [3.63, 3.8) is 0 Å². The van der Waals surface area contributed by atoms with Crippen LogP contribution in [-0.4, -0.2) is 51.7 Å². The number of carbonyl (C=O) groups is 1. The Morgan fingerprint density at radius 3 is 2.61 bits per heavy atom. The van der Waals surface area contributed by atoms with Crippen LogP contribution < -0.4 is 19.8 Å².